The van der Waals surface area contributed by atoms with Crippen LogP contribution < -0.4 is 4.74 Å². The van der Waals surface area contributed by atoms with Crippen LogP contribution in [0, 0.1) is 0 Å². The van der Waals surface area contributed by atoms with Crippen molar-refractivity contribution in [3.05, 3.63) is 71.5 Å². The molecule has 29 heavy (non-hydrogen) atoms. The molecule has 1 aliphatic carbocycles. The van der Waals surface area contributed by atoms with Gasteiger partial charge in [-0.15, -0.1) is 0 Å². The maximum absolute atomic E-state index is 5.92. The Bertz CT molecular complexity index is 826. The summed E-state index contributed by atoms with van der Waals surface area (Å²) in [7, 11) is 0. The lowest BCUT2D eigenvalue weighted by Crippen LogP contribution is -2.47. The van der Waals surface area contributed by atoms with Gasteiger partial charge in [0.25, 0.3) is 0 Å². The smallest absolute Gasteiger partial charge is 0.231 e. The third kappa shape index (κ3) is 5.78. The van der Waals surface area contributed by atoms with E-state index in [0.717, 1.165) is 63.6 Å². The number of rotatable bonds is 7. The minimum absolute atomic E-state index is 0.587. The molecule has 6 nitrogen and oxygen atoms in total. The highest BCUT2D eigenvalue weighted by atomic mass is 35.5. The van der Waals surface area contributed by atoms with Crippen molar-refractivity contribution >= 4 is 11.6 Å². The third-order valence-corrected chi connectivity index (χ3v) is 5.37. The van der Waals surface area contributed by atoms with Crippen molar-refractivity contribution in [2.75, 3.05) is 39.3 Å². The molecule has 0 radical (unpaired) electrons. The lowest BCUT2D eigenvalue weighted by molar-refractivity contribution is 0.0769. The lowest BCUT2D eigenvalue weighted by Gasteiger charge is -2.36. The van der Waals surface area contributed by atoms with E-state index in [1.54, 1.807) is 31.0 Å². The Kier molecular flexibility index (Phi) is 6.75. The van der Waals surface area contributed by atoms with Crippen LogP contribution in [-0.4, -0.2) is 54.1 Å². The van der Waals surface area contributed by atoms with E-state index in [9.17, 15) is 0 Å². The largest absolute Gasteiger partial charge is 0.491 e. The first-order valence-corrected chi connectivity index (χ1v) is 10.4. The van der Waals surface area contributed by atoms with E-state index in [0.29, 0.717) is 17.4 Å². The molecule has 0 spiro atoms. The molecule has 0 atom stereocenters. The molecule has 1 aromatic rings. The van der Waals surface area contributed by atoms with Gasteiger partial charge in [0, 0.05) is 51.4 Å². The summed E-state index contributed by atoms with van der Waals surface area (Å²) in [6.45, 7) is 5.17. The van der Waals surface area contributed by atoms with Gasteiger partial charge in [-0.25, -0.2) is 0 Å². The van der Waals surface area contributed by atoms with Crippen molar-refractivity contribution in [1.29, 1.82) is 0 Å². The van der Waals surface area contributed by atoms with Crippen LogP contribution in [0.4, 0.5) is 0 Å². The number of nitrogens with zero attached hydrogens (tertiary/aromatic N) is 3. The molecule has 7 heteroatoms. The molecule has 0 saturated carbocycles. The summed E-state index contributed by atoms with van der Waals surface area (Å²) in [4.78, 5) is 8.62. The third-order valence-electron chi connectivity index (χ3n) is 5.16. The minimum Gasteiger partial charge on any atom is -0.491 e. The number of ether oxygens (including phenoxy) is 3. The SMILES string of the molecule is Clc1cncc(OCCN2CCN(C3=COC(CC4=CC=CCC4)=CO3)CC2)c1. The number of piperazine rings is 1. The normalized spacial score (nSPS) is 19.6. The molecule has 3 heterocycles. The molecule has 0 unspecified atom stereocenters. The summed E-state index contributed by atoms with van der Waals surface area (Å²) in [6.07, 6.45) is 16.2. The molecular formula is C22H26ClN3O3. The van der Waals surface area contributed by atoms with Crippen LogP contribution >= 0.6 is 11.6 Å². The molecule has 1 aromatic heterocycles. The Morgan fingerprint density at radius 1 is 1.10 bits per heavy atom. The molecule has 154 valence electrons. The summed E-state index contributed by atoms with van der Waals surface area (Å²) in [6, 6.07) is 1.78. The first kappa shape index (κ1) is 19.9. The van der Waals surface area contributed by atoms with Gasteiger partial charge in [-0.2, -0.15) is 0 Å². The number of hydrogen-bond acceptors (Lipinski definition) is 6. The van der Waals surface area contributed by atoms with E-state index in [4.69, 9.17) is 25.8 Å². The van der Waals surface area contributed by atoms with Crippen LogP contribution in [0.5, 0.6) is 5.75 Å². The summed E-state index contributed by atoms with van der Waals surface area (Å²) < 4.78 is 17.4. The highest BCUT2D eigenvalue weighted by Crippen LogP contribution is 2.25. The maximum Gasteiger partial charge on any atom is 0.231 e. The highest BCUT2D eigenvalue weighted by Gasteiger charge is 2.22. The predicted octanol–water partition coefficient (Wildman–Crippen LogP) is 4.09. The van der Waals surface area contributed by atoms with Gasteiger partial charge in [0.05, 0.1) is 11.2 Å². The second kappa shape index (κ2) is 9.85. The molecule has 0 amide bonds. The van der Waals surface area contributed by atoms with E-state index in [1.807, 2.05) is 0 Å². The molecule has 0 N–H and O–H groups in total. The fourth-order valence-corrected chi connectivity index (χ4v) is 3.68. The Morgan fingerprint density at radius 3 is 2.72 bits per heavy atom. The molecule has 1 fully saturated rings. The number of pyridine rings is 1. The van der Waals surface area contributed by atoms with Gasteiger partial charge in [0.1, 0.15) is 24.4 Å². The Labute approximate surface area is 176 Å². The van der Waals surface area contributed by atoms with Gasteiger partial charge in [-0.05, 0) is 12.8 Å². The molecule has 1 saturated heterocycles. The predicted molar refractivity (Wildman–Crippen MR) is 112 cm³/mol. The van der Waals surface area contributed by atoms with Gasteiger partial charge in [-0.3, -0.25) is 9.88 Å². The van der Waals surface area contributed by atoms with Crippen LogP contribution in [0.3, 0.4) is 0 Å². The number of allylic oxidation sites excluding steroid dienone is 4. The molecule has 3 aliphatic rings. The standard InChI is InChI=1S/C22H26ClN3O3/c23-19-13-20(15-24-14-19)27-11-10-25-6-8-26(9-7-25)22-17-28-21(16-29-22)12-18-4-2-1-3-5-18/h1-2,4,13-17H,3,5-12H2. The van der Waals surface area contributed by atoms with Crippen molar-refractivity contribution in [3.63, 3.8) is 0 Å². The van der Waals surface area contributed by atoms with Crippen molar-refractivity contribution in [3.8, 4) is 5.75 Å². The Hall–Kier alpha value is -2.44. The van der Waals surface area contributed by atoms with Gasteiger partial charge in [-0.1, -0.05) is 35.4 Å². The van der Waals surface area contributed by atoms with Crippen molar-refractivity contribution in [2.24, 2.45) is 0 Å². The average Bonchev–Trinajstić information content (AvgIpc) is 2.76. The topological polar surface area (TPSA) is 47.1 Å². The second-order valence-corrected chi connectivity index (χ2v) is 7.70. The van der Waals surface area contributed by atoms with Crippen LogP contribution in [0.2, 0.25) is 5.02 Å². The molecule has 0 bridgehead atoms. The van der Waals surface area contributed by atoms with Crippen LogP contribution in [0.15, 0.2) is 66.4 Å². The number of aromatic nitrogens is 1. The second-order valence-electron chi connectivity index (χ2n) is 7.26. The number of hydrogen-bond donors (Lipinski definition) is 0. The summed E-state index contributed by atoms with van der Waals surface area (Å²) >= 11 is 5.92. The minimum atomic E-state index is 0.587. The zero-order chi connectivity index (χ0) is 19.9. The fourth-order valence-electron chi connectivity index (χ4n) is 3.52. The summed E-state index contributed by atoms with van der Waals surface area (Å²) in [5, 5.41) is 0.587. The lowest BCUT2D eigenvalue weighted by atomic mass is 10.0. The van der Waals surface area contributed by atoms with Crippen molar-refractivity contribution in [2.45, 2.75) is 19.3 Å². The summed E-state index contributed by atoms with van der Waals surface area (Å²) in [5.41, 5.74) is 1.38. The Balaban J connectivity index is 1.16. The highest BCUT2D eigenvalue weighted by molar-refractivity contribution is 6.30. The summed E-state index contributed by atoms with van der Waals surface area (Å²) in [5.74, 6) is 2.35. The average molecular weight is 416 g/mol. The van der Waals surface area contributed by atoms with Crippen molar-refractivity contribution in [1.82, 2.24) is 14.8 Å². The zero-order valence-electron chi connectivity index (χ0n) is 16.4. The van der Waals surface area contributed by atoms with Crippen LogP contribution in [0.25, 0.3) is 0 Å². The van der Waals surface area contributed by atoms with Crippen molar-refractivity contribution < 1.29 is 14.2 Å². The molecular weight excluding hydrogens is 390 g/mol. The van der Waals surface area contributed by atoms with Crippen LogP contribution in [0.1, 0.15) is 19.3 Å². The van der Waals surface area contributed by atoms with Crippen LogP contribution in [-0.2, 0) is 9.47 Å². The van der Waals surface area contributed by atoms with E-state index >= 15 is 0 Å². The van der Waals surface area contributed by atoms with E-state index in [-0.39, 0.29) is 0 Å². The Morgan fingerprint density at radius 2 is 2.00 bits per heavy atom. The zero-order valence-corrected chi connectivity index (χ0v) is 17.2. The molecule has 0 aromatic carbocycles. The fraction of sp³-hybridized carbons (Fsp3) is 0.409. The molecule has 4 rings (SSSR count). The first-order valence-electron chi connectivity index (χ1n) is 10.0. The van der Waals surface area contributed by atoms with E-state index in [2.05, 4.69) is 33.0 Å². The van der Waals surface area contributed by atoms with Gasteiger partial charge < -0.3 is 19.1 Å². The quantitative estimate of drug-likeness (QED) is 0.668. The van der Waals surface area contributed by atoms with Gasteiger partial charge in [0.2, 0.25) is 5.88 Å². The van der Waals surface area contributed by atoms with E-state index < -0.39 is 0 Å². The number of halogens is 1. The monoisotopic (exact) mass is 415 g/mol. The first-order chi connectivity index (χ1) is 14.3. The van der Waals surface area contributed by atoms with E-state index in [1.165, 1.54) is 5.57 Å². The van der Waals surface area contributed by atoms with Gasteiger partial charge in [0.15, 0.2) is 6.26 Å². The van der Waals surface area contributed by atoms with Gasteiger partial charge >= 0.3 is 0 Å². The maximum atomic E-state index is 5.92. The molecule has 2 aliphatic heterocycles.